The number of Topliss-reactive ketones (excluding diaryl/α,β-unsaturated/α-hetero) is 1. The highest BCUT2D eigenvalue weighted by Gasteiger charge is 2.57. The molecule has 0 N–H and O–H groups in total. The Hall–Kier alpha value is -1.31. The van der Waals surface area contributed by atoms with E-state index in [-0.39, 0.29) is 5.41 Å². The van der Waals surface area contributed by atoms with Crippen molar-refractivity contribution >= 4 is 5.78 Å². The van der Waals surface area contributed by atoms with Crippen molar-refractivity contribution in [1.29, 1.82) is 0 Å². The molecule has 4 rings (SSSR count). The molecule has 0 bridgehead atoms. The van der Waals surface area contributed by atoms with Gasteiger partial charge in [0.15, 0.2) is 5.78 Å². The third-order valence-electron chi connectivity index (χ3n) is 7.40. The fraction of sp³-hybridized carbons (Fsp3) is 0.667. The van der Waals surface area contributed by atoms with Crippen molar-refractivity contribution in [1.82, 2.24) is 0 Å². The first-order valence-electron chi connectivity index (χ1n) is 9.14. The largest absolute Gasteiger partial charge is 0.501 e. The summed E-state index contributed by atoms with van der Waals surface area (Å²) in [6, 6.07) is 0. The van der Waals surface area contributed by atoms with Gasteiger partial charge in [0, 0.05) is 11.3 Å². The summed E-state index contributed by atoms with van der Waals surface area (Å²) in [5.74, 6) is 4.58. The summed E-state index contributed by atoms with van der Waals surface area (Å²) in [6.45, 7) is 8.56. The molecule has 23 heavy (non-hydrogen) atoms. The molecule has 0 heterocycles. The van der Waals surface area contributed by atoms with Gasteiger partial charge < -0.3 is 4.74 Å². The number of carbonyl (C=O) groups is 1. The second kappa shape index (κ2) is 5.09. The normalized spacial score (nSPS) is 45.6. The lowest BCUT2D eigenvalue weighted by molar-refractivity contribution is -0.128. The SMILES string of the molecule is C=C1C[C@H]2[C@@H]3CC=C4C=C(OC)C(C)C[C@@H]4[C@H]3CC[C@]2(C)C1=O. The molecule has 2 heteroatoms. The average Bonchev–Trinajstić information content (AvgIpc) is 2.78. The Labute approximate surface area is 139 Å². The zero-order valence-corrected chi connectivity index (χ0v) is 14.6. The Balaban J connectivity index is 1.68. The van der Waals surface area contributed by atoms with Crippen molar-refractivity contribution in [2.24, 2.45) is 35.0 Å². The van der Waals surface area contributed by atoms with E-state index in [1.54, 1.807) is 7.11 Å². The molecular weight excluding hydrogens is 284 g/mol. The van der Waals surface area contributed by atoms with Crippen LogP contribution in [0.5, 0.6) is 0 Å². The monoisotopic (exact) mass is 312 g/mol. The van der Waals surface area contributed by atoms with E-state index in [4.69, 9.17) is 4.74 Å². The minimum atomic E-state index is -0.128. The number of fused-ring (bicyclic) bond motifs is 5. The molecule has 0 aromatic heterocycles. The highest BCUT2D eigenvalue weighted by Crippen LogP contribution is 2.60. The van der Waals surface area contributed by atoms with Crippen LogP contribution in [0.2, 0.25) is 0 Å². The first-order chi connectivity index (χ1) is 11.0. The molecule has 2 saturated carbocycles. The summed E-state index contributed by atoms with van der Waals surface area (Å²) < 4.78 is 5.57. The number of ketones is 1. The van der Waals surface area contributed by atoms with Gasteiger partial charge in [-0.25, -0.2) is 0 Å². The van der Waals surface area contributed by atoms with E-state index >= 15 is 0 Å². The fourth-order valence-corrected chi connectivity index (χ4v) is 6.11. The molecule has 2 fully saturated rings. The topological polar surface area (TPSA) is 26.3 Å². The Bertz CT molecular complexity index is 626. The van der Waals surface area contributed by atoms with Crippen molar-refractivity contribution in [3.8, 4) is 0 Å². The lowest BCUT2D eigenvalue weighted by atomic mass is 9.53. The fourth-order valence-electron chi connectivity index (χ4n) is 6.11. The van der Waals surface area contributed by atoms with Crippen LogP contribution in [0, 0.1) is 35.0 Å². The summed E-state index contributed by atoms with van der Waals surface area (Å²) in [7, 11) is 1.79. The predicted octanol–water partition coefficient (Wildman–Crippen LogP) is 4.68. The van der Waals surface area contributed by atoms with E-state index in [9.17, 15) is 4.79 Å². The van der Waals surface area contributed by atoms with E-state index in [2.05, 4.69) is 32.6 Å². The molecule has 0 radical (unpaired) electrons. The lowest BCUT2D eigenvalue weighted by Crippen LogP contribution is -2.46. The van der Waals surface area contributed by atoms with Crippen LogP contribution in [0.4, 0.5) is 0 Å². The molecule has 0 amide bonds. The van der Waals surface area contributed by atoms with E-state index in [1.165, 1.54) is 18.4 Å². The van der Waals surface area contributed by atoms with Crippen LogP contribution in [0.15, 0.2) is 35.6 Å². The second-order valence-corrected chi connectivity index (χ2v) is 8.46. The summed E-state index contributed by atoms with van der Waals surface area (Å²) in [5.41, 5.74) is 2.25. The molecule has 6 atom stereocenters. The Morgan fingerprint density at radius 3 is 2.87 bits per heavy atom. The maximum Gasteiger partial charge on any atom is 0.164 e. The third-order valence-corrected chi connectivity index (χ3v) is 7.40. The smallest absolute Gasteiger partial charge is 0.164 e. The Kier molecular flexibility index (Phi) is 3.37. The van der Waals surface area contributed by atoms with E-state index in [0.29, 0.717) is 29.5 Å². The third kappa shape index (κ3) is 2.03. The summed E-state index contributed by atoms with van der Waals surface area (Å²) in [5, 5.41) is 0. The van der Waals surface area contributed by atoms with Crippen LogP contribution in [0.25, 0.3) is 0 Å². The van der Waals surface area contributed by atoms with Gasteiger partial charge in [-0.3, -0.25) is 4.79 Å². The van der Waals surface area contributed by atoms with E-state index in [0.717, 1.165) is 36.5 Å². The van der Waals surface area contributed by atoms with Gasteiger partial charge >= 0.3 is 0 Å². The van der Waals surface area contributed by atoms with Gasteiger partial charge in [-0.1, -0.05) is 26.5 Å². The average molecular weight is 312 g/mol. The van der Waals surface area contributed by atoms with Crippen molar-refractivity contribution < 1.29 is 9.53 Å². The van der Waals surface area contributed by atoms with Crippen LogP contribution < -0.4 is 0 Å². The van der Waals surface area contributed by atoms with E-state index < -0.39 is 0 Å². The number of carbonyl (C=O) groups excluding carboxylic acids is 1. The maximum absolute atomic E-state index is 12.6. The van der Waals surface area contributed by atoms with Crippen molar-refractivity contribution in [2.75, 3.05) is 7.11 Å². The van der Waals surface area contributed by atoms with Crippen LogP contribution in [0.1, 0.15) is 46.0 Å². The molecule has 2 nitrogen and oxygen atoms in total. The minimum absolute atomic E-state index is 0.128. The maximum atomic E-state index is 12.6. The second-order valence-electron chi connectivity index (χ2n) is 8.46. The molecule has 0 aliphatic heterocycles. The summed E-state index contributed by atoms with van der Waals surface area (Å²) in [4.78, 5) is 12.6. The zero-order chi connectivity index (χ0) is 16.4. The van der Waals surface area contributed by atoms with Crippen LogP contribution in [-0.4, -0.2) is 12.9 Å². The quantitative estimate of drug-likeness (QED) is 0.657. The molecular formula is C21H28O2. The Morgan fingerprint density at radius 2 is 2.13 bits per heavy atom. The first kappa shape index (κ1) is 15.2. The summed E-state index contributed by atoms with van der Waals surface area (Å²) in [6.07, 6.45) is 10.2. The standard InChI is InChI=1S/C21H28O2/c1-12-9-17-14(11-19(12)23-4)5-6-16-15(17)7-8-21(3)18(16)10-13(2)20(21)22/h5,11-12,15-18H,2,6-10H2,1,3-4H3/t12?,15-,16+,17-,18-,21-/m0/s1. The Morgan fingerprint density at radius 1 is 1.35 bits per heavy atom. The number of hydrogen-bond donors (Lipinski definition) is 0. The molecule has 124 valence electrons. The highest BCUT2D eigenvalue weighted by molar-refractivity contribution is 6.02. The lowest BCUT2D eigenvalue weighted by Gasteiger charge is -2.51. The molecule has 0 saturated heterocycles. The molecule has 1 unspecified atom stereocenters. The predicted molar refractivity (Wildman–Crippen MR) is 91.6 cm³/mol. The van der Waals surface area contributed by atoms with Gasteiger partial charge in [-0.15, -0.1) is 0 Å². The number of hydrogen-bond acceptors (Lipinski definition) is 2. The number of allylic oxidation sites excluding steroid dienone is 5. The van der Waals surface area contributed by atoms with Crippen LogP contribution in [-0.2, 0) is 9.53 Å². The zero-order valence-electron chi connectivity index (χ0n) is 14.6. The van der Waals surface area contributed by atoms with Crippen molar-refractivity contribution in [3.05, 3.63) is 35.6 Å². The van der Waals surface area contributed by atoms with Gasteiger partial charge in [0.25, 0.3) is 0 Å². The van der Waals surface area contributed by atoms with Gasteiger partial charge in [-0.2, -0.15) is 0 Å². The van der Waals surface area contributed by atoms with Gasteiger partial charge in [0.2, 0.25) is 0 Å². The summed E-state index contributed by atoms with van der Waals surface area (Å²) >= 11 is 0. The molecule has 4 aliphatic rings. The van der Waals surface area contributed by atoms with Gasteiger partial charge in [0.1, 0.15) is 0 Å². The first-order valence-corrected chi connectivity index (χ1v) is 9.14. The number of rotatable bonds is 1. The van der Waals surface area contributed by atoms with Crippen molar-refractivity contribution in [3.63, 3.8) is 0 Å². The van der Waals surface area contributed by atoms with Crippen LogP contribution in [0.3, 0.4) is 0 Å². The van der Waals surface area contributed by atoms with Crippen LogP contribution >= 0.6 is 0 Å². The molecule has 0 spiro atoms. The highest BCUT2D eigenvalue weighted by atomic mass is 16.5. The molecule has 0 aromatic rings. The van der Waals surface area contributed by atoms with Gasteiger partial charge in [-0.05, 0) is 73.0 Å². The van der Waals surface area contributed by atoms with Gasteiger partial charge in [0.05, 0.1) is 12.9 Å². The minimum Gasteiger partial charge on any atom is -0.501 e. The molecule has 4 aliphatic carbocycles. The van der Waals surface area contributed by atoms with Crippen molar-refractivity contribution in [2.45, 2.75) is 46.0 Å². The number of ether oxygens (including phenoxy) is 1. The van der Waals surface area contributed by atoms with E-state index in [1.807, 2.05) is 0 Å². The molecule has 0 aromatic carbocycles. The number of methoxy groups -OCH3 is 1.